The van der Waals surface area contributed by atoms with Crippen molar-refractivity contribution in [3.8, 4) is 0 Å². The molecular formula is C19H23N5O4S2. The maximum atomic E-state index is 12.9. The predicted molar refractivity (Wildman–Crippen MR) is 113 cm³/mol. The van der Waals surface area contributed by atoms with E-state index in [1.165, 1.54) is 12.1 Å². The third-order valence-corrected chi connectivity index (χ3v) is 7.82. The number of nitrogens with two attached hydrogens (primary N) is 1. The molecule has 0 aliphatic rings. The van der Waals surface area contributed by atoms with Gasteiger partial charge in [-0.15, -0.1) is 9.19 Å². The topological polar surface area (TPSA) is 137 Å². The van der Waals surface area contributed by atoms with Crippen LogP contribution in [0.4, 0.5) is 5.95 Å². The molecule has 9 nitrogen and oxygen atoms in total. The Bertz CT molecular complexity index is 1330. The van der Waals surface area contributed by atoms with E-state index >= 15 is 0 Å². The summed E-state index contributed by atoms with van der Waals surface area (Å²) in [6.45, 7) is 6.78. The van der Waals surface area contributed by atoms with Gasteiger partial charge in [0.1, 0.15) is 0 Å². The summed E-state index contributed by atoms with van der Waals surface area (Å²) in [7, 11) is -7.91. The van der Waals surface area contributed by atoms with E-state index in [2.05, 4.69) is 14.8 Å². The number of rotatable bonds is 6. The molecule has 0 aliphatic heterocycles. The monoisotopic (exact) mass is 449 g/mol. The highest BCUT2D eigenvalue weighted by atomic mass is 32.2. The number of anilines is 1. The zero-order valence-electron chi connectivity index (χ0n) is 17.0. The zero-order valence-corrected chi connectivity index (χ0v) is 18.7. The Balaban J connectivity index is 1.88. The van der Waals surface area contributed by atoms with Crippen molar-refractivity contribution >= 4 is 26.0 Å². The first-order valence-corrected chi connectivity index (χ1v) is 12.0. The normalized spacial score (nSPS) is 12.3. The number of sulfonamides is 1. The molecule has 160 valence electrons. The van der Waals surface area contributed by atoms with E-state index in [9.17, 15) is 16.8 Å². The van der Waals surface area contributed by atoms with Gasteiger partial charge >= 0.3 is 0 Å². The van der Waals surface area contributed by atoms with Crippen LogP contribution < -0.4 is 10.5 Å². The van der Waals surface area contributed by atoms with Crippen molar-refractivity contribution in [3.63, 3.8) is 0 Å². The lowest BCUT2D eigenvalue weighted by molar-refractivity contribution is 0.576. The molecule has 0 bridgehead atoms. The van der Waals surface area contributed by atoms with Gasteiger partial charge in [0.25, 0.3) is 10.0 Å². The van der Waals surface area contributed by atoms with Gasteiger partial charge in [0.15, 0.2) is 5.82 Å². The van der Waals surface area contributed by atoms with E-state index in [4.69, 9.17) is 5.73 Å². The van der Waals surface area contributed by atoms with E-state index in [0.717, 1.165) is 11.1 Å². The fraction of sp³-hybridized carbons (Fsp3) is 0.263. The van der Waals surface area contributed by atoms with Crippen LogP contribution in [0.5, 0.6) is 0 Å². The van der Waals surface area contributed by atoms with E-state index in [-0.39, 0.29) is 28.1 Å². The fourth-order valence-corrected chi connectivity index (χ4v) is 5.71. The number of hydrogen-bond acceptors (Lipinski definition) is 7. The average Bonchev–Trinajstić information content (AvgIpc) is 3.01. The molecule has 11 heteroatoms. The first-order valence-electron chi connectivity index (χ1n) is 9.03. The molecule has 0 spiro atoms. The molecule has 3 aromatic rings. The summed E-state index contributed by atoms with van der Waals surface area (Å²) in [4.78, 5) is 4.08. The molecule has 0 aliphatic carbocycles. The molecule has 3 N–H and O–H groups in total. The molecule has 0 unspecified atom stereocenters. The number of benzene rings is 2. The maximum absolute atomic E-state index is 12.9. The molecule has 1 heterocycles. The SMILES string of the molecule is Cc1ccc(S(=O)(=O)NCc2nc(N)n(S(=O)(=O)c3ccc(C)cc3C)n2)c(C)c1. The number of aryl methyl sites for hydroxylation is 4. The second-order valence-electron chi connectivity index (χ2n) is 7.10. The van der Waals surface area contributed by atoms with Gasteiger partial charge in [-0.1, -0.05) is 35.4 Å². The number of aromatic nitrogens is 3. The van der Waals surface area contributed by atoms with Crippen molar-refractivity contribution < 1.29 is 16.8 Å². The minimum Gasteiger partial charge on any atom is -0.367 e. The standard InChI is InChI=1S/C19H23N5O4S2/c1-12-5-7-16(14(3)9-12)29(25,26)21-11-18-22-19(20)24(23-18)30(27,28)17-8-6-13(2)10-15(17)4/h5-10,21H,11H2,1-4H3,(H2,20,22,23). The van der Waals surface area contributed by atoms with Crippen molar-refractivity contribution in [2.24, 2.45) is 0 Å². The molecule has 0 atom stereocenters. The average molecular weight is 450 g/mol. The molecule has 0 saturated heterocycles. The first kappa shape index (κ1) is 21.9. The van der Waals surface area contributed by atoms with Crippen LogP contribution in [0.25, 0.3) is 0 Å². The van der Waals surface area contributed by atoms with Crippen LogP contribution in [-0.4, -0.2) is 31.0 Å². The summed E-state index contributed by atoms with van der Waals surface area (Å²) in [6, 6.07) is 9.85. The Morgan fingerprint density at radius 1 is 0.900 bits per heavy atom. The summed E-state index contributed by atoms with van der Waals surface area (Å²) in [6.07, 6.45) is 0. The highest BCUT2D eigenvalue weighted by Crippen LogP contribution is 2.21. The highest BCUT2D eigenvalue weighted by Gasteiger charge is 2.25. The minimum atomic E-state index is -4.07. The number of hydrogen-bond donors (Lipinski definition) is 2. The number of nitrogens with one attached hydrogen (secondary N) is 1. The summed E-state index contributed by atoms with van der Waals surface area (Å²) < 4.78 is 54.1. The summed E-state index contributed by atoms with van der Waals surface area (Å²) >= 11 is 0. The third-order valence-electron chi connectivity index (χ3n) is 4.52. The highest BCUT2D eigenvalue weighted by molar-refractivity contribution is 7.90. The van der Waals surface area contributed by atoms with Crippen LogP contribution in [0.3, 0.4) is 0 Å². The van der Waals surface area contributed by atoms with Gasteiger partial charge in [0.05, 0.1) is 16.3 Å². The third kappa shape index (κ3) is 4.23. The molecule has 1 aromatic heterocycles. The van der Waals surface area contributed by atoms with Gasteiger partial charge in [0.2, 0.25) is 16.0 Å². The smallest absolute Gasteiger partial charge is 0.286 e. The summed E-state index contributed by atoms with van der Waals surface area (Å²) in [5.41, 5.74) is 8.76. The lowest BCUT2D eigenvalue weighted by Gasteiger charge is -2.09. The second-order valence-corrected chi connectivity index (χ2v) is 10.6. The molecule has 30 heavy (non-hydrogen) atoms. The Morgan fingerprint density at radius 2 is 1.43 bits per heavy atom. The van der Waals surface area contributed by atoms with Crippen LogP contribution in [0.15, 0.2) is 46.2 Å². The Morgan fingerprint density at radius 3 is 1.97 bits per heavy atom. The lowest BCUT2D eigenvalue weighted by Crippen LogP contribution is -2.25. The maximum Gasteiger partial charge on any atom is 0.286 e. The van der Waals surface area contributed by atoms with Gasteiger partial charge in [-0.05, 0) is 51.0 Å². The molecule has 0 amide bonds. The van der Waals surface area contributed by atoms with Crippen molar-refractivity contribution in [1.29, 1.82) is 0 Å². The number of nitrogens with zero attached hydrogens (tertiary/aromatic N) is 3. The quantitative estimate of drug-likeness (QED) is 0.585. The van der Waals surface area contributed by atoms with Gasteiger partial charge in [-0.2, -0.15) is 13.4 Å². The van der Waals surface area contributed by atoms with E-state index in [1.54, 1.807) is 38.1 Å². The minimum absolute atomic E-state index is 0.0483. The molecule has 0 radical (unpaired) electrons. The molecule has 3 rings (SSSR count). The van der Waals surface area contributed by atoms with Gasteiger partial charge in [-0.25, -0.2) is 13.1 Å². The predicted octanol–water partition coefficient (Wildman–Crippen LogP) is 1.81. The largest absolute Gasteiger partial charge is 0.367 e. The fourth-order valence-electron chi connectivity index (χ4n) is 3.13. The van der Waals surface area contributed by atoms with Crippen LogP contribution in [0, 0.1) is 27.7 Å². The van der Waals surface area contributed by atoms with Crippen molar-refractivity contribution in [2.75, 3.05) is 5.73 Å². The van der Waals surface area contributed by atoms with Crippen LogP contribution in [0.1, 0.15) is 28.1 Å². The Labute approximate surface area is 176 Å². The van der Waals surface area contributed by atoms with Gasteiger partial charge in [-0.3, -0.25) is 0 Å². The van der Waals surface area contributed by atoms with Crippen LogP contribution in [-0.2, 0) is 26.6 Å². The second kappa shape index (κ2) is 7.82. The van der Waals surface area contributed by atoms with Crippen molar-refractivity contribution in [1.82, 2.24) is 18.9 Å². The molecule has 0 saturated carbocycles. The first-order chi connectivity index (χ1) is 13.9. The lowest BCUT2D eigenvalue weighted by atomic mass is 10.2. The molecular weight excluding hydrogens is 426 g/mol. The van der Waals surface area contributed by atoms with Crippen molar-refractivity contribution in [2.45, 2.75) is 44.0 Å². The Kier molecular flexibility index (Phi) is 5.72. The number of nitrogen functional groups attached to an aromatic ring is 1. The van der Waals surface area contributed by atoms with Crippen molar-refractivity contribution in [3.05, 3.63) is 64.5 Å². The van der Waals surface area contributed by atoms with Gasteiger partial charge in [0, 0.05) is 0 Å². The molecule has 0 fully saturated rings. The van der Waals surface area contributed by atoms with Gasteiger partial charge < -0.3 is 5.73 Å². The van der Waals surface area contributed by atoms with Crippen LogP contribution >= 0.6 is 0 Å². The van der Waals surface area contributed by atoms with E-state index < -0.39 is 20.0 Å². The van der Waals surface area contributed by atoms with E-state index in [0.29, 0.717) is 15.2 Å². The summed E-state index contributed by atoms with van der Waals surface area (Å²) in [5, 5.41) is 3.92. The van der Waals surface area contributed by atoms with Crippen LogP contribution in [0.2, 0.25) is 0 Å². The summed E-state index contributed by atoms with van der Waals surface area (Å²) in [5.74, 6) is -0.412. The van der Waals surface area contributed by atoms with E-state index in [1.807, 2.05) is 13.8 Å². The zero-order chi connectivity index (χ0) is 22.3. The molecule has 2 aromatic carbocycles. The Hall–Kier alpha value is -2.76.